The van der Waals surface area contributed by atoms with Gasteiger partial charge in [0.2, 0.25) is 0 Å². The van der Waals surface area contributed by atoms with Crippen molar-refractivity contribution in [1.29, 1.82) is 0 Å². The lowest BCUT2D eigenvalue weighted by Gasteiger charge is -2.02. The first-order valence-electron chi connectivity index (χ1n) is 7.66. The highest BCUT2D eigenvalue weighted by atomic mass is 79.9. The molecule has 0 aliphatic carbocycles. The largest absolute Gasteiger partial charge is 0.505 e. The fourth-order valence-corrected chi connectivity index (χ4v) is 3.86. The average molecular weight is 454 g/mol. The summed E-state index contributed by atoms with van der Waals surface area (Å²) in [7, 11) is 0. The number of nitrogens with zero attached hydrogens (tertiary/aromatic N) is 1. The summed E-state index contributed by atoms with van der Waals surface area (Å²) in [6.07, 6.45) is 1.69. The van der Waals surface area contributed by atoms with E-state index in [1.165, 1.54) is 11.8 Å². The molecule has 3 rings (SSSR count). The van der Waals surface area contributed by atoms with Crippen molar-refractivity contribution >= 4 is 62.1 Å². The molecule has 2 N–H and O–H groups in total. The number of hydrogen-bond acceptors (Lipinski definition) is 5. The second-order valence-corrected chi connectivity index (χ2v) is 7.53. The van der Waals surface area contributed by atoms with E-state index < -0.39 is 0 Å². The number of amidine groups is 1. The molecule has 1 fully saturated rings. The molecule has 0 bridgehead atoms. The normalized spacial score (nSPS) is 17.0. The van der Waals surface area contributed by atoms with Gasteiger partial charge in [-0.05, 0) is 82.7 Å². The maximum absolute atomic E-state index is 12.2. The molecule has 1 aliphatic rings. The van der Waals surface area contributed by atoms with Crippen LogP contribution < -0.4 is 10.1 Å². The lowest BCUT2D eigenvalue weighted by molar-refractivity contribution is -0.115. The molecule has 1 aliphatic heterocycles. The summed E-state index contributed by atoms with van der Waals surface area (Å²) in [6.45, 7) is 2.53. The van der Waals surface area contributed by atoms with Crippen molar-refractivity contribution in [3.8, 4) is 11.5 Å². The number of nitrogens with one attached hydrogen (secondary N) is 1. The SMILES string of the molecule is CCOc1ccc(N=C2NC(=O)/C(=C\c3cc(Cl)c(O)c(Br)c3)S2)cc1. The second kappa shape index (κ2) is 8.16. The predicted molar refractivity (Wildman–Crippen MR) is 109 cm³/mol. The number of benzene rings is 2. The van der Waals surface area contributed by atoms with Crippen molar-refractivity contribution in [2.45, 2.75) is 6.92 Å². The van der Waals surface area contributed by atoms with Gasteiger partial charge in [-0.15, -0.1) is 0 Å². The second-order valence-electron chi connectivity index (χ2n) is 5.24. The Morgan fingerprint density at radius 2 is 2.08 bits per heavy atom. The number of phenolic OH excluding ortho intramolecular Hbond substituents is 1. The minimum Gasteiger partial charge on any atom is -0.505 e. The van der Waals surface area contributed by atoms with Gasteiger partial charge in [0.05, 0.1) is 26.7 Å². The monoisotopic (exact) mass is 452 g/mol. The van der Waals surface area contributed by atoms with Gasteiger partial charge in [-0.25, -0.2) is 4.99 Å². The first kappa shape index (κ1) is 18.8. The Hall–Kier alpha value is -1.96. The predicted octanol–water partition coefficient (Wildman–Crippen LogP) is 5.10. The molecule has 8 heteroatoms. The van der Waals surface area contributed by atoms with Crippen molar-refractivity contribution in [3.05, 3.63) is 56.4 Å². The maximum Gasteiger partial charge on any atom is 0.264 e. The van der Waals surface area contributed by atoms with Gasteiger partial charge in [0.15, 0.2) is 5.17 Å². The Balaban J connectivity index is 1.80. The third-order valence-electron chi connectivity index (χ3n) is 3.37. The Morgan fingerprint density at radius 1 is 1.35 bits per heavy atom. The van der Waals surface area contributed by atoms with Gasteiger partial charge in [0.25, 0.3) is 5.91 Å². The number of ether oxygens (including phenoxy) is 1. The van der Waals surface area contributed by atoms with Gasteiger partial charge in [0, 0.05) is 0 Å². The third-order valence-corrected chi connectivity index (χ3v) is 5.17. The fourth-order valence-electron chi connectivity index (χ4n) is 2.20. The van der Waals surface area contributed by atoms with Gasteiger partial charge < -0.3 is 15.2 Å². The standard InChI is InChI=1S/C18H14BrClN2O3S/c1-2-25-12-5-3-11(4-6-12)21-18-22-17(24)15(26-18)9-10-7-13(19)16(23)14(20)8-10/h3-9,23H,2H2,1H3,(H,21,22,24)/b15-9+. The van der Waals surface area contributed by atoms with Gasteiger partial charge in [0.1, 0.15) is 11.5 Å². The molecule has 26 heavy (non-hydrogen) atoms. The summed E-state index contributed by atoms with van der Waals surface area (Å²) in [5.74, 6) is 0.505. The highest BCUT2D eigenvalue weighted by Crippen LogP contribution is 2.35. The van der Waals surface area contributed by atoms with E-state index in [1.54, 1.807) is 18.2 Å². The summed E-state index contributed by atoms with van der Waals surface area (Å²) in [4.78, 5) is 17.1. The molecule has 134 valence electrons. The van der Waals surface area contributed by atoms with E-state index in [0.29, 0.717) is 32.4 Å². The molecular weight excluding hydrogens is 440 g/mol. The molecule has 5 nitrogen and oxygen atoms in total. The van der Waals surface area contributed by atoms with Crippen LogP contribution in [0, 0.1) is 0 Å². The van der Waals surface area contributed by atoms with Crippen LogP contribution in [0.2, 0.25) is 5.02 Å². The number of aliphatic imine (C=N–C) groups is 1. The number of phenols is 1. The Kier molecular flexibility index (Phi) is 5.90. The highest BCUT2D eigenvalue weighted by Gasteiger charge is 2.24. The Labute approximate surface area is 168 Å². The lowest BCUT2D eigenvalue weighted by atomic mass is 10.2. The fraction of sp³-hybridized carbons (Fsp3) is 0.111. The van der Waals surface area contributed by atoms with Crippen LogP contribution in [0.5, 0.6) is 11.5 Å². The van der Waals surface area contributed by atoms with Gasteiger partial charge in [-0.1, -0.05) is 11.6 Å². The Bertz CT molecular complexity index is 890. The molecule has 0 unspecified atom stereocenters. The number of amides is 1. The van der Waals surface area contributed by atoms with E-state index in [0.717, 1.165) is 5.75 Å². The number of carbonyl (C=O) groups is 1. The summed E-state index contributed by atoms with van der Waals surface area (Å²) in [6, 6.07) is 10.6. The molecule has 0 spiro atoms. The third kappa shape index (κ3) is 4.41. The van der Waals surface area contributed by atoms with Crippen LogP contribution in [0.4, 0.5) is 5.69 Å². The summed E-state index contributed by atoms with van der Waals surface area (Å²) >= 11 is 10.4. The molecule has 1 heterocycles. The number of halogens is 2. The topological polar surface area (TPSA) is 70.9 Å². The van der Waals surface area contributed by atoms with E-state index in [4.69, 9.17) is 16.3 Å². The van der Waals surface area contributed by atoms with Gasteiger partial charge in [-0.3, -0.25) is 4.79 Å². The number of rotatable bonds is 4. The summed E-state index contributed by atoms with van der Waals surface area (Å²) in [5, 5.41) is 13.1. The van der Waals surface area contributed by atoms with Crippen LogP contribution >= 0.6 is 39.3 Å². The maximum atomic E-state index is 12.2. The number of thioether (sulfide) groups is 1. The van der Waals surface area contributed by atoms with Crippen molar-refractivity contribution in [3.63, 3.8) is 0 Å². The molecule has 0 atom stereocenters. The van der Waals surface area contributed by atoms with Crippen LogP contribution in [-0.4, -0.2) is 22.8 Å². The van der Waals surface area contributed by atoms with Crippen molar-refractivity contribution in [2.24, 2.45) is 4.99 Å². The van der Waals surface area contributed by atoms with E-state index in [2.05, 4.69) is 26.2 Å². The average Bonchev–Trinajstić information content (AvgIpc) is 2.94. The van der Waals surface area contributed by atoms with Crippen LogP contribution in [-0.2, 0) is 4.79 Å². The zero-order chi connectivity index (χ0) is 18.7. The molecular formula is C18H14BrClN2O3S. The summed E-state index contributed by atoms with van der Waals surface area (Å²) < 4.78 is 5.86. The van der Waals surface area contributed by atoms with Gasteiger partial charge >= 0.3 is 0 Å². The van der Waals surface area contributed by atoms with E-state index in [-0.39, 0.29) is 16.7 Å². The highest BCUT2D eigenvalue weighted by molar-refractivity contribution is 9.10. The van der Waals surface area contributed by atoms with E-state index in [1.807, 2.05) is 31.2 Å². The first-order chi connectivity index (χ1) is 12.5. The van der Waals surface area contributed by atoms with E-state index >= 15 is 0 Å². The first-order valence-corrected chi connectivity index (χ1v) is 9.65. The molecule has 1 amide bonds. The quantitative estimate of drug-likeness (QED) is 0.632. The Morgan fingerprint density at radius 3 is 2.73 bits per heavy atom. The minimum atomic E-state index is -0.236. The molecule has 0 radical (unpaired) electrons. The van der Waals surface area contributed by atoms with Gasteiger partial charge in [-0.2, -0.15) is 0 Å². The molecule has 0 aromatic heterocycles. The number of hydrogen-bond donors (Lipinski definition) is 2. The molecule has 2 aromatic rings. The zero-order valence-corrected chi connectivity index (χ0v) is 16.8. The molecule has 2 aromatic carbocycles. The van der Waals surface area contributed by atoms with E-state index in [9.17, 15) is 9.90 Å². The van der Waals surface area contributed by atoms with Crippen LogP contribution in [0.1, 0.15) is 12.5 Å². The van der Waals surface area contributed by atoms with Crippen LogP contribution in [0.15, 0.2) is 50.8 Å². The smallest absolute Gasteiger partial charge is 0.264 e. The number of carbonyl (C=O) groups excluding carboxylic acids is 1. The number of aromatic hydroxyl groups is 1. The van der Waals surface area contributed by atoms with Crippen molar-refractivity contribution in [2.75, 3.05) is 6.61 Å². The summed E-state index contributed by atoms with van der Waals surface area (Å²) in [5.41, 5.74) is 1.41. The molecule has 0 saturated carbocycles. The van der Waals surface area contributed by atoms with Crippen LogP contribution in [0.25, 0.3) is 6.08 Å². The zero-order valence-electron chi connectivity index (χ0n) is 13.6. The van der Waals surface area contributed by atoms with Crippen molar-refractivity contribution in [1.82, 2.24) is 5.32 Å². The van der Waals surface area contributed by atoms with Crippen molar-refractivity contribution < 1.29 is 14.6 Å². The van der Waals surface area contributed by atoms with Crippen LogP contribution in [0.3, 0.4) is 0 Å². The molecule has 1 saturated heterocycles. The minimum absolute atomic E-state index is 0.0323. The lowest BCUT2D eigenvalue weighted by Crippen LogP contribution is -2.19.